The number of aliphatic hydroxyl groups is 1. The third kappa shape index (κ3) is 1.09. The van der Waals surface area contributed by atoms with E-state index in [1.54, 1.807) is 0 Å². The van der Waals surface area contributed by atoms with Gasteiger partial charge >= 0.3 is 0 Å². The summed E-state index contributed by atoms with van der Waals surface area (Å²) < 4.78 is 5.51. The quantitative estimate of drug-likeness (QED) is 0.606. The molecule has 2 rings (SSSR count). The van der Waals surface area contributed by atoms with E-state index in [2.05, 4.69) is 13.8 Å². The van der Waals surface area contributed by atoms with Gasteiger partial charge in [-0.3, -0.25) is 0 Å². The summed E-state index contributed by atoms with van der Waals surface area (Å²) in [6.45, 7) is 6.48. The van der Waals surface area contributed by atoms with Gasteiger partial charge in [-0.25, -0.2) is 0 Å². The van der Waals surface area contributed by atoms with Crippen LogP contribution in [0.5, 0.6) is 0 Å². The fourth-order valence-corrected chi connectivity index (χ4v) is 2.28. The third-order valence-corrected chi connectivity index (χ3v) is 3.63. The molecule has 1 aliphatic carbocycles. The van der Waals surface area contributed by atoms with Gasteiger partial charge < -0.3 is 9.84 Å². The van der Waals surface area contributed by atoms with E-state index in [1.165, 1.54) is 0 Å². The molecule has 0 spiro atoms. The minimum Gasteiger partial charge on any atom is -0.390 e. The molecule has 12 heavy (non-hydrogen) atoms. The lowest BCUT2D eigenvalue weighted by atomic mass is 9.76. The van der Waals surface area contributed by atoms with E-state index in [4.69, 9.17) is 4.74 Å². The molecule has 0 radical (unpaired) electrons. The van der Waals surface area contributed by atoms with Crippen LogP contribution in [0.4, 0.5) is 0 Å². The minimum absolute atomic E-state index is 0.175. The maximum absolute atomic E-state index is 9.77. The zero-order chi connectivity index (χ0) is 8.93. The van der Waals surface area contributed by atoms with Crippen LogP contribution in [0.15, 0.2) is 0 Å². The molecule has 0 aromatic heterocycles. The molecule has 1 N–H and O–H groups in total. The topological polar surface area (TPSA) is 32.8 Å². The molecule has 0 amide bonds. The number of hydrogen-bond acceptors (Lipinski definition) is 2. The highest BCUT2D eigenvalue weighted by Gasteiger charge is 2.61. The van der Waals surface area contributed by atoms with E-state index in [0.29, 0.717) is 17.9 Å². The Kier molecular flexibility index (Phi) is 1.74. The summed E-state index contributed by atoms with van der Waals surface area (Å²) in [4.78, 5) is 0. The van der Waals surface area contributed by atoms with Crippen LogP contribution >= 0.6 is 0 Å². The molecule has 0 aromatic rings. The van der Waals surface area contributed by atoms with Crippen molar-refractivity contribution in [3.8, 4) is 0 Å². The molecule has 1 aliphatic heterocycles. The van der Waals surface area contributed by atoms with E-state index < -0.39 is 0 Å². The van der Waals surface area contributed by atoms with Gasteiger partial charge in [0.25, 0.3) is 0 Å². The molecule has 1 saturated heterocycles. The maximum Gasteiger partial charge on any atom is 0.118 e. The van der Waals surface area contributed by atoms with Crippen molar-refractivity contribution in [2.24, 2.45) is 11.8 Å². The van der Waals surface area contributed by atoms with E-state index in [1.807, 2.05) is 6.92 Å². The molecular formula is C10H18O2. The predicted molar refractivity (Wildman–Crippen MR) is 46.8 cm³/mol. The molecule has 0 bridgehead atoms. The first-order valence-corrected chi connectivity index (χ1v) is 4.90. The molecule has 2 heteroatoms. The Morgan fingerprint density at radius 3 is 2.58 bits per heavy atom. The van der Waals surface area contributed by atoms with Gasteiger partial charge in [0.15, 0.2) is 0 Å². The fourth-order valence-electron chi connectivity index (χ4n) is 2.28. The second kappa shape index (κ2) is 2.46. The van der Waals surface area contributed by atoms with Crippen molar-refractivity contribution in [3.63, 3.8) is 0 Å². The summed E-state index contributed by atoms with van der Waals surface area (Å²) in [5.41, 5.74) is -0.175. The van der Waals surface area contributed by atoms with Crippen molar-refractivity contribution in [1.82, 2.24) is 0 Å². The van der Waals surface area contributed by atoms with Crippen molar-refractivity contribution in [2.75, 3.05) is 0 Å². The summed E-state index contributed by atoms with van der Waals surface area (Å²) >= 11 is 0. The monoisotopic (exact) mass is 170 g/mol. The Bertz CT molecular complexity index is 190. The van der Waals surface area contributed by atoms with Crippen LogP contribution in [-0.2, 0) is 4.74 Å². The molecular weight excluding hydrogens is 152 g/mol. The fraction of sp³-hybridized carbons (Fsp3) is 1.00. The summed E-state index contributed by atoms with van der Waals surface area (Å²) in [6.07, 6.45) is 2.17. The van der Waals surface area contributed by atoms with Gasteiger partial charge in [0, 0.05) is 0 Å². The molecule has 1 heterocycles. The molecule has 4 atom stereocenters. The number of fused-ring (bicyclic) bond motifs is 1. The summed E-state index contributed by atoms with van der Waals surface area (Å²) in [7, 11) is 0. The first kappa shape index (κ1) is 8.52. The largest absolute Gasteiger partial charge is 0.390 e. The SMILES string of the molecule is CC(C)C1CC(O)C2(C)OC2C1. The average molecular weight is 170 g/mol. The molecule has 2 aliphatic rings. The van der Waals surface area contributed by atoms with Crippen LogP contribution in [0.1, 0.15) is 33.6 Å². The normalized spacial score (nSPS) is 52.2. The van der Waals surface area contributed by atoms with Crippen molar-refractivity contribution in [3.05, 3.63) is 0 Å². The van der Waals surface area contributed by atoms with Gasteiger partial charge in [0.1, 0.15) is 5.60 Å². The molecule has 2 nitrogen and oxygen atoms in total. The Morgan fingerprint density at radius 2 is 2.08 bits per heavy atom. The summed E-state index contributed by atoms with van der Waals surface area (Å²) in [6, 6.07) is 0. The van der Waals surface area contributed by atoms with Gasteiger partial charge in [-0.05, 0) is 31.6 Å². The number of hydrogen-bond donors (Lipinski definition) is 1. The molecule has 0 aromatic carbocycles. The summed E-state index contributed by atoms with van der Waals surface area (Å²) in [5.74, 6) is 1.33. The van der Waals surface area contributed by atoms with E-state index in [0.717, 1.165) is 12.8 Å². The van der Waals surface area contributed by atoms with Crippen LogP contribution in [0.3, 0.4) is 0 Å². The standard InChI is InChI=1S/C10H18O2/c1-6(2)7-4-8(11)10(3)9(5-7)12-10/h6-9,11H,4-5H2,1-3H3. The highest BCUT2D eigenvalue weighted by atomic mass is 16.6. The highest BCUT2D eigenvalue weighted by Crippen LogP contribution is 2.50. The zero-order valence-corrected chi connectivity index (χ0v) is 8.08. The van der Waals surface area contributed by atoms with Crippen LogP contribution in [0, 0.1) is 11.8 Å². The Labute approximate surface area is 73.9 Å². The Morgan fingerprint density at radius 1 is 1.42 bits per heavy atom. The number of aliphatic hydroxyl groups excluding tert-OH is 1. The van der Waals surface area contributed by atoms with Crippen LogP contribution in [0.25, 0.3) is 0 Å². The first-order valence-electron chi connectivity index (χ1n) is 4.90. The van der Waals surface area contributed by atoms with Crippen LogP contribution < -0.4 is 0 Å². The highest BCUT2D eigenvalue weighted by molar-refractivity contribution is 5.09. The Balaban J connectivity index is 2.02. The zero-order valence-electron chi connectivity index (χ0n) is 8.08. The van der Waals surface area contributed by atoms with Crippen LogP contribution in [0.2, 0.25) is 0 Å². The predicted octanol–water partition coefficient (Wildman–Crippen LogP) is 1.57. The average Bonchev–Trinajstić information content (AvgIpc) is 2.62. The van der Waals surface area contributed by atoms with Gasteiger partial charge in [0.05, 0.1) is 12.2 Å². The van der Waals surface area contributed by atoms with Crippen molar-refractivity contribution < 1.29 is 9.84 Å². The smallest absolute Gasteiger partial charge is 0.118 e. The number of epoxide rings is 1. The number of rotatable bonds is 1. The van der Waals surface area contributed by atoms with Crippen molar-refractivity contribution >= 4 is 0 Å². The van der Waals surface area contributed by atoms with Gasteiger partial charge in [0.2, 0.25) is 0 Å². The molecule has 70 valence electrons. The lowest BCUT2D eigenvalue weighted by Gasteiger charge is -2.29. The third-order valence-electron chi connectivity index (χ3n) is 3.63. The van der Waals surface area contributed by atoms with Crippen molar-refractivity contribution in [1.29, 1.82) is 0 Å². The van der Waals surface area contributed by atoms with Crippen LogP contribution in [-0.4, -0.2) is 22.9 Å². The van der Waals surface area contributed by atoms with Gasteiger partial charge in [-0.15, -0.1) is 0 Å². The lowest BCUT2D eigenvalue weighted by molar-refractivity contribution is 0.0509. The van der Waals surface area contributed by atoms with E-state index >= 15 is 0 Å². The van der Waals surface area contributed by atoms with E-state index in [9.17, 15) is 5.11 Å². The van der Waals surface area contributed by atoms with Gasteiger partial charge in [-0.2, -0.15) is 0 Å². The summed E-state index contributed by atoms with van der Waals surface area (Å²) in [5, 5.41) is 9.77. The minimum atomic E-state index is -0.233. The van der Waals surface area contributed by atoms with Gasteiger partial charge in [-0.1, -0.05) is 13.8 Å². The molecule has 4 unspecified atom stereocenters. The lowest BCUT2D eigenvalue weighted by Crippen LogP contribution is -2.37. The molecule has 1 saturated carbocycles. The first-order chi connectivity index (χ1) is 5.54. The number of ether oxygens (including phenoxy) is 1. The maximum atomic E-state index is 9.77. The molecule has 2 fully saturated rings. The second-order valence-corrected chi connectivity index (χ2v) is 4.78. The van der Waals surface area contributed by atoms with Crippen molar-refractivity contribution in [2.45, 2.75) is 51.4 Å². The Hall–Kier alpha value is -0.0800. The van der Waals surface area contributed by atoms with E-state index in [-0.39, 0.29) is 11.7 Å². The second-order valence-electron chi connectivity index (χ2n) is 4.78.